The van der Waals surface area contributed by atoms with Crippen LogP contribution in [-0.2, 0) is 25.7 Å². The first kappa shape index (κ1) is 71.4. The second-order valence-corrected chi connectivity index (χ2v) is 28.7. The van der Waals surface area contributed by atoms with E-state index in [0.717, 1.165) is 74.4 Å². The minimum atomic E-state index is 0.326. The summed E-state index contributed by atoms with van der Waals surface area (Å²) < 4.78 is 21.6. The summed E-state index contributed by atoms with van der Waals surface area (Å²) in [5, 5.41) is 4.88. The van der Waals surface area contributed by atoms with Gasteiger partial charge in [-0.15, -0.1) is 0 Å². The molecule has 0 aliphatic heterocycles. The van der Waals surface area contributed by atoms with Crippen molar-refractivity contribution in [3.8, 4) is 23.0 Å². The summed E-state index contributed by atoms with van der Waals surface area (Å²) in [6, 6.07) is 51.5. The van der Waals surface area contributed by atoms with Crippen LogP contribution in [0.25, 0.3) is 0 Å². The number of likely N-dealkylation sites (N-methyl/N-ethyl adjacent to an activating group) is 4. The predicted octanol–water partition coefficient (Wildman–Crippen LogP) is 20.0. The van der Waals surface area contributed by atoms with Crippen molar-refractivity contribution < 1.29 is 18.9 Å². The molecule has 8 aromatic rings. The fourth-order valence-corrected chi connectivity index (χ4v) is 14.8. The van der Waals surface area contributed by atoms with Crippen molar-refractivity contribution in [3.63, 3.8) is 0 Å². The molecule has 92 heavy (non-hydrogen) atoms. The van der Waals surface area contributed by atoms with E-state index in [1.165, 1.54) is 66.8 Å². The van der Waals surface area contributed by atoms with E-state index < -0.39 is 0 Å². The van der Waals surface area contributed by atoms with Crippen LogP contribution >= 0.6 is 92.8 Å². The average Bonchev–Trinajstić information content (AvgIpc) is 0.813. The van der Waals surface area contributed by atoms with E-state index in [1.54, 1.807) is 28.4 Å². The van der Waals surface area contributed by atoms with E-state index in [1.807, 2.05) is 72.8 Å². The van der Waals surface area contributed by atoms with E-state index in [4.69, 9.17) is 112 Å². The molecule has 0 saturated heterocycles. The molecular formula is C76H84Cl8N4O4. The highest BCUT2D eigenvalue weighted by Gasteiger charge is 2.34. The minimum absolute atomic E-state index is 0.326. The van der Waals surface area contributed by atoms with Gasteiger partial charge in [-0.2, -0.15) is 0 Å². The molecule has 0 amide bonds. The van der Waals surface area contributed by atoms with Gasteiger partial charge in [0.05, 0.1) is 68.6 Å². The minimum Gasteiger partial charge on any atom is -0.497 e. The number of rotatable bonds is 12. The summed E-state index contributed by atoms with van der Waals surface area (Å²) in [6.07, 6.45) is 8.45. The van der Waals surface area contributed by atoms with Crippen molar-refractivity contribution in [3.05, 3.63) is 253 Å². The van der Waals surface area contributed by atoms with Gasteiger partial charge in [-0.1, -0.05) is 141 Å². The first-order valence-electron chi connectivity index (χ1n) is 31.1. The van der Waals surface area contributed by atoms with Crippen LogP contribution in [0.3, 0.4) is 0 Å². The number of benzene rings is 8. The third kappa shape index (κ3) is 17.2. The smallest absolute Gasteiger partial charge is 0.119 e. The molecule has 8 nitrogen and oxygen atoms in total. The molecule has 0 saturated carbocycles. The highest BCUT2D eigenvalue weighted by molar-refractivity contribution is 6.43. The Hall–Kier alpha value is -4.88. The molecule has 0 bridgehead atoms. The highest BCUT2D eigenvalue weighted by atomic mass is 35.5. The van der Waals surface area contributed by atoms with Crippen molar-refractivity contribution in [1.82, 2.24) is 19.6 Å². The zero-order valence-electron chi connectivity index (χ0n) is 54.6. The van der Waals surface area contributed by atoms with Gasteiger partial charge < -0.3 is 38.5 Å². The maximum absolute atomic E-state index is 6.24. The fourth-order valence-electron chi connectivity index (χ4n) is 13.6. The molecule has 4 aliphatic rings. The number of nitrogens with zero attached hydrogens (tertiary/aromatic N) is 4. The highest BCUT2D eigenvalue weighted by Crippen LogP contribution is 2.46. The molecular weight excluding hydrogens is 1320 g/mol. The zero-order valence-corrected chi connectivity index (χ0v) is 60.6. The molecule has 12 rings (SSSR count). The van der Waals surface area contributed by atoms with Gasteiger partial charge >= 0.3 is 0 Å². The Kier molecular flexibility index (Phi) is 25.0. The van der Waals surface area contributed by atoms with Gasteiger partial charge in [-0.3, -0.25) is 0 Å². The Bertz CT molecular complexity index is 3350. The van der Waals surface area contributed by atoms with Gasteiger partial charge in [0.2, 0.25) is 0 Å². The summed E-state index contributed by atoms with van der Waals surface area (Å²) in [5.74, 6) is 4.96. The summed E-state index contributed by atoms with van der Waals surface area (Å²) >= 11 is 49.3. The molecule has 4 aliphatic carbocycles. The molecule has 0 N–H and O–H groups in total. The van der Waals surface area contributed by atoms with Crippen molar-refractivity contribution >= 4 is 92.8 Å². The first-order valence-corrected chi connectivity index (χ1v) is 34.1. The van der Waals surface area contributed by atoms with Crippen molar-refractivity contribution in [2.75, 3.05) is 84.8 Å². The van der Waals surface area contributed by atoms with Gasteiger partial charge in [0, 0.05) is 47.8 Å². The molecule has 488 valence electrons. The Morgan fingerprint density at radius 1 is 0.261 bits per heavy atom. The van der Waals surface area contributed by atoms with Crippen LogP contribution < -0.4 is 18.9 Å². The predicted molar refractivity (Wildman–Crippen MR) is 388 cm³/mol. The topological polar surface area (TPSA) is 49.9 Å². The van der Waals surface area contributed by atoms with Crippen LogP contribution in [0.4, 0.5) is 0 Å². The summed E-state index contributed by atoms with van der Waals surface area (Å²) in [4.78, 5) is 9.19. The van der Waals surface area contributed by atoms with Crippen LogP contribution in [0.1, 0.15) is 116 Å². The summed E-state index contributed by atoms with van der Waals surface area (Å²) in [5.41, 5.74) is 15.7. The molecule has 0 radical (unpaired) electrons. The second kappa shape index (κ2) is 32.2. The normalized spacial score (nSPS) is 20.4. The monoisotopic (exact) mass is 1400 g/mol. The number of fused-ring (bicyclic) bond motifs is 4. The number of hydrogen-bond acceptors (Lipinski definition) is 8. The lowest BCUT2D eigenvalue weighted by Crippen LogP contribution is -2.35. The van der Waals surface area contributed by atoms with Gasteiger partial charge in [0.1, 0.15) is 23.0 Å². The largest absolute Gasteiger partial charge is 0.497 e. The molecule has 0 spiro atoms. The zero-order chi connectivity index (χ0) is 66.2. The van der Waals surface area contributed by atoms with Crippen molar-refractivity contribution in [2.24, 2.45) is 0 Å². The van der Waals surface area contributed by atoms with E-state index >= 15 is 0 Å². The van der Waals surface area contributed by atoms with Gasteiger partial charge in [0.15, 0.2) is 0 Å². The lowest BCUT2D eigenvalue weighted by molar-refractivity contribution is 0.258. The standard InChI is InChI=1S/4C19H21Cl2NO/c4*1-22(2)14-8-13-9-15(23-3)5-6-16(13)17(11-14)12-4-7-18(20)19(21)10-12/h4*4-7,9-10,14,17H,8,11H2,1-3H3/t2*14-,17+;2*14-,17-/m1010/s1. The molecule has 0 heterocycles. The van der Waals surface area contributed by atoms with Gasteiger partial charge in [-0.05, 0) is 272 Å². The van der Waals surface area contributed by atoms with E-state index in [0.29, 0.717) is 88.0 Å². The molecule has 0 fully saturated rings. The molecule has 0 unspecified atom stereocenters. The SMILES string of the molecule is COc1ccc2c(c1)C[C@@H](N(C)C)C[C@@H]2c1ccc(Cl)c(Cl)c1.COc1ccc2c(c1)C[C@@H](N(C)C)C[C@H]2c1ccc(Cl)c(Cl)c1.COc1ccc2c(c1)C[C@H](N(C)C)C[C@@H]2c1ccc(Cl)c(Cl)c1.COc1ccc2c(c1)C[C@H](N(C)C)C[C@H]2c1ccc(Cl)c(Cl)c1. The number of halogens is 8. The Labute approximate surface area is 586 Å². The summed E-state index contributed by atoms with van der Waals surface area (Å²) in [6.45, 7) is 0. The van der Waals surface area contributed by atoms with Crippen molar-refractivity contribution in [2.45, 2.75) is 99.2 Å². The quantitative estimate of drug-likeness (QED) is 0.120. The van der Waals surface area contributed by atoms with Crippen molar-refractivity contribution in [1.29, 1.82) is 0 Å². The fraction of sp³-hybridized carbons (Fsp3) is 0.368. The van der Waals surface area contributed by atoms with E-state index in [9.17, 15) is 0 Å². The Morgan fingerprint density at radius 2 is 0.457 bits per heavy atom. The maximum atomic E-state index is 6.24. The first-order chi connectivity index (χ1) is 44.0. The molecule has 8 atom stereocenters. The van der Waals surface area contributed by atoms with Crippen LogP contribution in [0.2, 0.25) is 40.2 Å². The Balaban J connectivity index is 0.000000145. The molecule has 8 aromatic carbocycles. The Morgan fingerprint density at radius 3 is 0.620 bits per heavy atom. The average molecular weight is 1400 g/mol. The van der Waals surface area contributed by atoms with E-state index in [-0.39, 0.29) is 0 Å². The molecule has 16 heteroatoms. The molecule has 0 aromatic heterocycles. The maximum Gasteiger partial charge on any atom is 0.119 e. The van der Waals surface area contributed by atoms with Crippen LogP contribution in [0.5, 0.6) is 23.0 Å². The second-order valence-electron chi connectivity index (χ2n) is 25.4. The van der Waals surface area contributed by atoms with E-state index in [2.05, 4.69) is 149 Å². The van der Waals surface area contributed by atoms with Crippen LogP contribution in [0, 0.1) is 0 Å². The van der Waals surface area contributed by atoms with Crippen LogP contribution in [0.15, 0.2) is 146 Å². The third-order valence-electron chi connectivity index (χ3n) is 19.1. The third-order valence-corrected chi connectivity index (χ3v) is 22.0. The van der Waals surface area contributed by atoms with Gasteiger partial charge in [0.25, 0.3) is 0 Å². The lowest BCUT2D eigenvalue weighted by Gasteiger charge is -2.35. The van der Waals surface area contributed by atoms with Crippen LogP contribution in [-0.4, -0.2) is 129 Å². The summed E-state index contributed by atoms with van der Waals surface area (Å²) in [7, 11) is 24.0. The number of ether oxygens (including phenoxy) is 4. The lowest BCUT2D eigenvalue weighted by atomic mass is 9.76. The number of methoxy groups -OCH3 is 4. The number of hydrogen-bond donors (Lipinski definition) is 0. The van der Waals surface area contributed by atoms with Gasteiger partial charge in [-0.25, -0.2) is 0 Å².